The van der Waals surface area contributed by atoms with Gasteiger partial charge in [-0.25, -0.2) is 9.97 Å². The quantitative estimate of drug-likeness (QED) is 0.664. The number of carbonyl (C=O) groups is 1. The molecule has 0 aliphatic heterocycles. The van der Waals surface area contributed by atoms with Gasteiger partial charge < -0.3 is 10.6 Å². The third-order valence-corrected chi connectivity index (χ3v) is 4.44. The Labute approximate surface area is 159 Å². The predicted molar refractivity (Wildman–Crippen MR) is 109 cm³/mol. The van der Waals surface area contributed by atoms with Gasteiger partial charge in [-0.2, -0.15) is 0 Å². The van der Waals surface area contributed by atoms with E-state index in [-0.39, 0.29) is 5.91 Å². The van der Waals surface area contributed by atoms with Crippen LogP contribution in [0.25, 0.3) is 0 Å². The zero-order valence-corrected chi connectivity index (χ0v) is 15.9. The number of carbonyl (C=O) groups excluding carboxylic acids is 1. The Bertz CT molecular complexity index is 920. The maximum atomic E-state index is 12.5. The lowest BCUT2D eigenvalue weighted by Gasteiger charge is -2.13. The Hall–Kier alpha value is -3.21. The molecule has 0 unspecified atom stereocenters. The van der Waals surface area contributed by atoms with Crippen molar-refractivity contribution in [3.63, 3.8) is 0 Å². The Morgan fingerprint density at radius 1 is 1.00 bits per heavy atom. The summed E-state index contributed by atoms with van der Waals surface area (Å²) in [4.78, 5) is 21.0. The summed E-state index contributed by atoms with van der Waals surface area (Å²) >= 11 is 0. The second kappa shape index (κ2) is 8.45. The summed E-state index contributed by atoms with van der Waals surface area (Å²) in [6.07, 6.45) is 3.08. The van der Waals surface area contributed by atoms with E-state index in [0.717, 1.165) is 11.3 Å². The zero-order chi connectivity index (χ0) is 19.2. The van der Waals surface area contributed by atoms with Crippen molar-refractivity contribution in [3.8, 4) is 0 Å². The first kappa shape index (κ1) is 18.6. The fraction of sp³-hybridized carbons (Fsp3) is 0.227. The highest BCUT2D eigenvalue weighted by Crippen LogP contribution is 2.24. The Balaban J connectivity index is 1.65. The Morgan fingerprint density at radius 3 is 2.37 bits per heavy atom. The Morgan fingerprint density at radius 2 is 1.67 bits per heavy atom. The number of rotatable bonds is 6. The van der Waals surface area contributed by atoms with Gasteiger partial charge in [0.25, 0.3) is 5.91 Å². The molecule has 0 radical (unpaired) electrons. The third kappa shape index (κ3) is 4.70. The molecule has 2 N–H and O–H groups in total. The van der Waals surface area contributed by atoms with Crippen LogP contribution in [0.2, 0.25) is 0 Å². The lowest BCUT2D eigenvalue weighted by Crippen LogP contribution is -2.15. The van der Waals surface area contributed by atoms with Gasteiger partial charge in [0.15, 0.2) is 0 Å². The molecule has 0 atom stereocenters. The molecule has 3 rings (SSSR count). The van der Waals surface area contributed by atoms with Gasteiger partial charge in [-0.05, 0) is 35.6 Å². The van der Waals surface area contributed by atoms with Gasteiger partial charge in [0.2, 0.25) is 5.95 Å². The van der Waals surface area contributed by atoms with E-state index in [2.05, 4.69) is 53.5 Å². The first-order chi connectivity index (χ1) is 13.0. The van der Waals surface area contributed by atoms with Crippen molar-refractivity contribution in [2.45, 2.75) is 33.2 Å². The van der Waals surface area contributed by atoms with E-state index >= 15 is 0 Å². The molecule has 0 saturated heterocycles. The SMILES string of the molecule is Cc1ccccc1CNc1ncc(C(=O)Nc2ccccc2C(C)C)cn1. The van der Waals surface area contributed by atoms with Crippen LogP contribution < -0.4 is 10.6 Å². The molecule has 5 heteroatoms. The maximum absolute atomic E-state index is 12.5. The molecule has 138 valence electrons. The molecule has 1 heterocycles. The molecular weight excluding hydrogens is 336 g/mol. The molecule has 2 aromatic carbocycles. The van der Waals surface area contributed by atoms with E-state index < -0.39 is 0 Å². The van der Waals surface area contributed by atoms with Crippen LogP contribution in [0.4, 0.5) is 11.6 Å². The summed E-state index contributed by atoms with van der Waals surface area (Å²) in [5.74, 6) is 0.608. The molecule has 0 aliphatic carbocycles. The summed E-state index contributed by atoms with van der Waals surface area (Å²) < 4.78 is 0. The molecular formula is C22H24N4O. The smallest absolute Gasteiger partial charge is 0.258 e. The van der Waals surface area contributed by atoms with Crippen LogP contribution in [0, 0.1) is 6.92 Å². The summed E-state index contributed by atoms with van der Waals surface area (Å²) in [5.41, 5.74) is 4.75. The number of nitrogens with zero attached hydrogens (tertiary/aromatic N) is 2. The number of anilines is 2. The van der Waals surface area contributed by atoms with Crippen molar-refractivity contribution < 1.29 is 4.79 Å². The second-order valence-corrected chi connectivity index (χ2v) is 6.77. The molecule has 0 spiro atoms. The van der Waals surface area contributed by atoms with Gasteiger partial charge in [0.1, 0.15) is 0 Å². The van der Waals surface area contributed by atoms with Gasteiger partial charge in [-0.15, -0.1) is 0 Å². The fourth-order valence-corrected chi connectivity index (χ4v) is 2.83. The van der Waals surface area contributed by atoms with Crippen LogP contribution in [0.3, 0.4) is 0 Å². The summed E-state index contributed by atoms with van der Waals surface area (Å²) in [5, 5.41) is 6.14. The highest BCUT2D eigenvalue weighted by molar-refractivity contribution is 6.04. The van der Waals surface area contributed by atoms with Crippen molar-refractivity contribution >= 4 is 17.5 Å². The van der Waals surface area contributed by atoms with E-state index in [0.29, 0.717) is 24.0 Å². The van der Waals surface area contributed by atoms with Gasteiger partial charge in [-0.3, -0.25) is 4.79 Å². The fourth-order valence-electron chi connectivity index (χ4n) is 2.83. The molecule has 0 fully saturated rings. The molecule has 27 heavy (non-hydrogen) atoms. The monoisotopic (exact) mass is 360 g/mol. The van der Waals surface area contributed by atoms with Crippen LogP contribution in [-0.4, -0.2) is 15.9 Å². The van der Waals surface area contributed by atoms with E-state index in [9.17, 15) is 4.79 Å². The first-order valence-electron chi connectivity index (χ1n) is 9.05. The molecule has 5 nitrogen and oxygen atoms in total. The zero-order valence-electron chi connectivity index (χ0n) is 15.9. The lowest BCUT2D eigenvalue weighted by molar-refractivity contribution is 0.102. The van der Waals surface area contributed by atoms with Gasteiger partial charge in [0.05, 0.1) is 5.56 Å². The minimum atomic E-state index is -0.214. The van der Waals surface area contributed by atoms with Gasteiger partial charge in [0, 0.05) is 24.6 Å². The van der Waals surface area contributed by atoms with E-state index in [1.807, 2.05) is 36.4 Å². The maximum Gasteiger partial charge on any atom is 0.258 e. The molecule has 1 aromatic heterocycles. The summed E-state index contributed by atoms with van der Waals surface area (Å²) in [6, 6.07) is 16.0. The molecule has 0 aliphatic rings. The van der Waals surface area contributed by atoms with Crippen molar-refractivity contribution in [2.75, 3.05) is 10.6 Å². The number of hydrogen-bond donors (Lipinski definition) is 2. The van der Waals surface area contributed by atoms with Crippen LogP contribution >= 0.6 is 0 Å². The average Bonchev–Trinajstić information content (AvgIpc) is 2.68. The van der Waals surface area contributed by atoms with Crippen molar-refractivity contribution in [2.24, 2.45) is 0 Å². The molecule has 1 amide bonds. The molecule has 0 saturated carbocycles. The minimum absolute atomic E-state index is 0.214. The first-order valence-corrected chi connectivity index (χ1v) is 9.05. The number of nitrogens with one attached hydrogen (secondary N) is 2. The number of aromatic nitrogens is 2. The minimum Gasteiger partial charge on any atom is -0.350 e. The van der Waals surface area contributed by atoms with Crippen LogP contribution in [0.15, 0.2) is 60.9 Å². The van der Waals surface area contributed by atoms with Crippen molar-refractivity contribution in [1.29, 1.82) is 0 Å². The number of amides is 1. The van der Waals surface area contributed by atoms with E-state index in [1.165, 1.54) is 11.1 Å². The Kier molecular flexibility index (Phi) is 5.81. The number of hydrogen-bond acceptors (Lipinski definition) is 4. The number of aryl methyl sites for hydroxylation is 1. The van der Waals surface area contributed by atoms with Crippen LogP contribution in [0.1, 0.15) is 46.8 Å². The largest absolute Gasteiger partial charge is 0.350 e. The molecule has 0 bridgehead atoms. The predicted octanol–water partition coefficient (Wildman–Crippen LogP) is 4.77. The topological polar surface area (TPSA) is 66.9 Å². The van der Waals surface area contributed by atoms with Crippen molar-refractivity contribution in [3.05, 3.63) is 83.2 Å². The van der Waals surface area contributed by atoms with Gasteiger partial charge >= 0.3 is 0 Å². The van der Waals surface area contributed by atoms with Crippen LogP contribution in [0.5, 0.6) is 0 Å². The third-order valence-electron chi connectivity index (χ3n) is 4.44. The standard InChI is InChI=1S/C22H24N4O/c1-15(2)19-10-6-7-11-20(19)26-21(27)18-13-24-22(25-14-18)23-12-17-9-5-4-8-16(17)3/h4-11,13-15H,12H2,1-3H3,(H,26,27)(H,23,24,25). The van der Waals surface area contributed by atoms with Gasteiger partial charge in [-0.1, -0.05) is 56.3 Å². The lowest BCUT2D eigenvalue weighted by atomic mass is 10.0. The van der Waals surface area contributed by atoms with Crippen LogP contribution in [-0.2, 0) is 6.54 Å². The summed E-state index contributed by atoms with van der Waals surface area (Å²) in [6.45, 7) is 6.91. The van der Waals surface area contributed by atoms with E-state index in [1.54, 1.807) is 12.4 Å². The molecule has 3 aromatic rings. The average molecular weight is 360 g/mol. The highest BCUT2D eigenvalue weighted by Gasteiger charge is 2.12. The second-order valence-electron chi connectivity index (χ2n) is 6.77. The number of benzene rings is 2. The highest BCUT2D eigenvalue weighted by atomic mass is 16.1. The summed E-state index contributed by atoms with van der Waals surface area (Å²) in [7, 11) is 0. The normalized spacial score (nSPS) is 10.7. The van der Waals surface area contributed by atoms with E-state index in [4.69, 9.17) is 0 Å². The van der Waals surface area contributed by atoms with Crippen molar-refractivity contribution in [1.82, 2.24) is 9.97 Å². The number of para-hydroxylation sites is 1.